The van der Waals surface area contributed by atoms with Gasteiger partial charge in [-0.1, -0.05) is 0 Å². The summed E-state index contributed by atoms with van der Waals surface area (Å²) in [7, 11) is 0. The van der Waals surface area contributed by atoms with Crippen molar-refractivity contribution in [3.8, 4) is 0 Å². The molecule has 0 saturated carbocycles. The number of aldehydes is 1. The van der Waals surface area contributed by atoms with E-state index in [1.807, 2.05) is 0 Å². The molecule has 0 aliphatic rings. The molecule has 0 aromatic rings. The highest BCUT2D eigenvalue weighted by molar-refractivity contribution is 5.70. The van der Waals surface area contributed by atoms with E-state index in [1.54, 1.807) is 13.8 Å². The van der Waals surface area contributed by atoms with Crippen molar-refractivity contribution in [3.63, 3.8) is 0 Å². The maximum atomic E-state index is 9.64. The summed E-state index contributed by atoms with van der Waals surface area (Å²) in [4.78, 5) is 9.64. The van der Waals surface area contributed by atoms with E-state index in [-0.39, 0.29) is 0 Å². The molecule has 0 aliphatic heterocycles. The van der Waals surface area contributed by atoms with Crippen molar-refractivity contribution >= 4 is 6.29 Å². The predicted octanol–water partition coefficient (Wildman–Crippen LogP) is 0.955. The first-order valence-corrected chi connectivity index (χ1v) is 1.77. The highest BCUT2D eigenvalue weighted by Crippen LogP contribution is 1.78. The molecule has 0 amide bonds. The first kappa shape index (κ1) is 5.41. The molecule has 1 radical (unpaired) electrons. The summed E-state index contributed by atoms with van der Waals surface area (Å²) in [6.45, 7) is 3.43. The van der Waals surface area contributed by atoms with Gasteiger partial charge in [0.1, 0.15) is 6.29 Å². The molecule has 0 heterocycles. The second-order valence-corrected chi connectivity index (χ2v) is 1.05. The topological polar surface area (TPSA) is 17.1 Å². The van der Waals surface area contributed by atoms with Gasteiger partial charge in [0, 0.05) is 0 Å². The highest BCUT2D eigenvalue weighted by atomic mass is 16.1. The van der Waals surface area contributed by atoms with Crippen LogP contribution in [0.2, 0.25) is 0 Å². The van der Waals surface area contributed by atoms with E-state index < -0.39 is 0 Å². The molecule has 0 aliphatic carbocycles. The zero-order valence-corrected chi connectivity index (χ0v) is 3.99. The van der Waals surface area contributed by atoms with Crippen molar-refractivity contribution < 1.29 is 4.79 Å². The lowest BCUT2D eigenvalue weighted by molar-refractivity contribution is -0.104. The highest BCUT2D eigenvalue weighted by Gasteiger charge is 1.73. The van der Waals surface area contributed by atoms with Gasteiger partial charge < -0.3 is 0 Å². The summed E-state index contributed by atoms with van der Waals surface area (Å²) in [6.07, 6.45) is 3.44. The van der Waals surface area contributed by atoms with Gasteiger partial charge in [-0.05, 0) is 25.5 Å². The monoisotopic (exact) mass is 83.0 g/mol. The Hall–Kier alpha value is -0.590. The van der Waals surface area contributed by atoms with Crippen molar-refractivity contribution in [1.82, 2.24) is 0 Å². The number of carbonyl (C=O) groups is 1. The molecule has 33 valence electrons. The minimum absolute atomic E-state index is 0.662. The van der Waals surface area contributed by atoms with Gasteiger partial charge in [0.25, 0.3) is 0 Å². The summed E-state index contributed by atoms with van der Waals surface area (Å²) >= 11 is 0. The van der Waals surface area contributed by atoms with E-state index in [9.17, 15) is 4.79 Å². The minimum Gasteiger partial charge on any atom is -0.298 e. The van der Waals surface area contributed by atoms with Gasteiger partial charge in [0.2, 0.25) is 0 Å². The molecule has 0 saturated heterocycles. The fourth-order valence-corrected chi connectivity index (χ4v) is 0.0589. The molecule has 1 nitrogen and oxygen atoms in total. The maximum Gasteiger partial charge on any atom is 0.146 e. The standard InChI is InChI=1S/C5H7O/c1-3-5(2)4-6/h4H,1-2H3. The average molecular weight is 83.1 g/mol. The van der Waals surface area contributed by atoms with Crippen molar-refractivity contribution in [2.75, 3.05) is 0 Å². The molecule has 0 atom stereocenters. The number of hydrogen-bond acceptors (Lipinski definition) is 1. The Kier molecular flexibility index (Phi) is 2.38. The van der Waals surface area contributed by atoms with Gasteiger partial charge in [-0.3, -0.25) is 4.79 Å². The average Bonchev–Trinajstić information content (AvgIpc) is 1.65. The Morgan fingerprint density at radius 2 is 2.33 bits per heavy atom. The van der Waals surface area contributed by atoms with Crippen LogP contribution in [0.3, 0.4) is 0 Å². The van der Waals surface area contributed by atoms with Gasteiger partial charge in [0.05, 0.1) is 0 Å². The number of allylic oxidation sites excluding steroid dienone is 2. The molecular weight excluding hydrogens is 76.1 g/mol. The Labute approximate surface area is 37.7 Å². The van der Waals surface area contributed by atoms with Gasteiger partial charge in [-0.15, -0.1) is 0 Å². The lowest BCUT2D eigenvalue weighted by Gasteiger charge is -1.72. The number of rotatable bonds is 1. The van der Waals surface area contributed by atoms with Gasteiger partial charge in [-0.25, -0.2) is 0 Å². The fraction of sp³-hybridized carbons (Fsp3) is 0.400. The largest absolute Gasteiger partial charge is 0.298 e. The minimum atomic E-state index is 0.662. The molecule has 1 heteroatoms. The Bertz CT molecular complexity index is 72.0. The van der Waals surface area contributed by atoms with Crippen LogP contribution in [0.1, 0.15) is 13.8 Å². The molecule has 0 aromatic carbocycles. The SMILES string of the molecule is C/[C]=C(\C)C=O. The maximum absolute atomic E-state index is 9.64. The first-order chi connectivity index (χ1) is 2.81. The fourth-order valence-electron chi connectivity index (χ4n) is 0.0589. The van der Waals surface area contributed by atoms with Gasteiger partial charge in [0.15, 0.2) is 0 Å². The predicted molar refractivity (Wildman–Crippen MR) is 24.2 cm³/mol. The molecule has 0 rings (SSSR count). The van der Waals surface area contributed by atoms with Crippen LogP contribution in [0.25, 0.3) is 0 Å². The van der Waals surface area contributed by atoms with Crippen molar-refractivity contribution in [1.29, 1.82) is 0 Å². The van der Waals surface area contributed by atoms with E-state index in [0.29, 0.717) is 5.57 Å². The lowest BCUT2D eigenvalue weighted by Crippen LogP contribution is -1.70. The molecule has 0 unspecified atom stereocenters. The van der Waals surface area contributed by atoms with Gasteiger partial charge >= 0.3 is 0 Å². The second kappa shape index (κ2) is 2.64. The third-order valence-corrected chi connectivity index (χ3v) is 0.571. The van der Waals surface area contributed by atoms with Crippen molar-refractivity contribution in [2.45, 2.75) is 13.8 Å². The van der Waals surface area contributed by atoms with Crippen LogP contribution in [-0.2, 0) is 4.79 Å². The third-order valence-electron chi connectivity index (χ3n) is 0.571. The van der Waals surface area contributed by atoms with E-state index in [4.69, 9.17) is 0 Å². The summed E-state index contributed by atoms with van der Waals surface area (Å²) in [6, 6.07) is 0. The van der Waals surface area contributed by atoms with E-state index in [0.717, 1.165) is 6.29 Å². The Balaban J connectivity index is 3.50. The van der Waals surface area contributed by atoms with E-state index in [2.05, 4.69) is 6.08 Å². The van der Waals surface area contributed by atoms with Crippen LogP contribution >= 0.6 is 0 Å². The van der Waals surface area contributed by atoms with Crippen LogP contribution in [0, 0.1) is 6.08 Å². The number of carbonyl (C=O) groups excluding carboxylic acids is 1. The zero-order valence-electron chi connectivity index (χ0n) is 3.99. The van der Waals surface area contributed by atoms with Crippen LogP contribution in [0.15, 0.2) is 5.57 Å². The van der Waals surface area contributed by atoms with Crippen LogP contribution in [0.5, 0.6) is 0 Å². The third kappa shape index (κ3) is 1.70. The zero-order chi connectivity index (χ0) is 4.99. The second-order valence-electron chi connectivity index (χ2n) is 1.05. The molecule has 0 aromatic heterocycles. The quantitative estimate of drug-likeness (QED) is 0.341. The Morgan fingerprint density at radius 1 is 1.83 bits per heavy atom. The first-order valence-electron chi connectivity index (χ1n) is 1.77. The van der Waals surface area contributed by atoms with E-state index >= 15 is 0 Å². The summed E-state index contributed by atoms with van der Waals surface area (Å²) in [5.41, 5.74) is 0.662. The molecule has 0 bridgehead atoms. The van der Waals surface area contributed by atoms with Crippen LogP contribution in [-0.4, -0.2) is 6.29 Å². The molecular formula is C5H7O. The molecule has 0 N–H and O–H groups in total. The van der Waals surface area contributed by atoms with Crippen molar-refractivity contribution in [3.05, 3.63) is 11.6 Å². The molecule has 0 fully saturated rings. The van der Waals surface area contributed by atoms with Crippen LogP contribution < -0.4 is 0 Å². The summed E-state index contributed by atoms with van der Waals surface area (Å²) in [5.74, 6) is 0. The molecule has 0 spiro atoms. The summed E-state index contributed by atoms with van der Waals surface area (Å²) < 4.78 is 0. The Morgan fingerprint density at radius 3 is 2.33 bits per heavy atom. The van der Waals surface area contributed by atoms with Gasteiger partial charge in [-0.2, -0.15) is 0 Å². The molecule has 6 heavy (non-hydrogen) atoms. The normalized spacial score (nSPS) is 11.3. The lowest BCUT2D eigenvalue weighted by atomic mass is 10.3. The smallest absolute Gasteiger partial charge is 0.146 e. The van der Waals surface area contributed by atoms with Crippen molar-refractivity contribution in [2.24, 2.45) is 0 Å². The van der Waals surface area contributed by atoms with Crippen LogP contribution in [0.4, 0.5) is 0 Å². The number of hydrogen-bond donors (Lipinski definition) is 0. The van der Waals surface area contributed by atoms with E-state index in [1.165, 1.54) is 0 Å². The summed E-state index contributed by atoms with van der Waals surface area (Å²) in [5, 5.41) is 0.